The van der Waals surface area contributed by atoms with Gasteiger partial charge in [-0.15, -0.1) is 0 Å². The maximum atomic E-state index is 13.4. The van der Waals surface area contributed by atoms with E-state index in [4.69, 9.17) is 10.00 Å². The molecular weight excluding hydrogens is 276 g/mol. The highest BCUT2D eigenvalue weighted by atomic mass is 19.4. The molecule has 3 nitrogen and oxygen atoms in total. The molecular formula is C13H12F4N2O. The monoisotopic (exact) mass is 288 g/mol. The normalized spacial score (nSPS) is 23.1. The van der Waals surface area contributed by atoms with E-state index in [0.29, 0.717) is 6.54 Å². The van der Waals surface area contributed by atoms with Gasteiger partial charge in [-0.05, 0) is 31.5 Å². The van der Waals surface area contributed by atoms with Gasteiger partial charge in [0, 0.05) is 6.54 Å². The van der Waals surface area contributed by atoms with Crippen molar-refractivity contribution in [3.8, 4) is 11.8 Å². The molecule has 1 fully saturated rings. The fourth-order valence-electron chi connectivity index (χ4n) is 2.17. The number of nitrogens with zero attached hydrogens (tertiary/aromatic N) is 1. The van der Waals surface area contributed by atoms with E-state index >= 15 is 0 Å². The molecule has 1 aromatic rings. The van der Waals surface area contributed by atoms with E-state index in [2.05, 4.69) is 5.32 Å². The van der Waals surface area contributed by atoms with E-state index in [1.165, 1.54) is 18.2 Å². The molecule has 0 saturated carbocycles. The number of alkyl halides is 3. The maximum Gasteiger partial charge on any atom is 0.429 e. The summed E-state index contributed by atoms with van der Waals surface area (Å²) in [6, 6.07) is 4.92. The van der Waals surface area contributed by atoms with Crippen molar-refractivity contribution in [2.45, 2.75) is 24.6 Å². The molecule has 0 spiro atoms. The molecule has 20 heavy (non-hydrogen) atoms. The maximum absolute atomic E-state index is 13.4. The number of nitriles is 1. The second-order valence-electron chi connectivity index (χ2n) is 4.60. The van der Waals surface area contributed by atoms with Crippen LogP contribution in [0.15, 0.2) is 18.2 Å². The van der Waals surface area contributed by atoms with Crippen molar-refractivity contribution >= 4 is 0 Å². The van der Waals surface area contributed by atoms with Crippen LogP contribution < -0.4 is 10.1 Å². The van der Waals surface area contributed by atoms with Crippen molar-refractivity contribution in [1.82, 2.24) is 5.32 Å². The summed E-state index contributed by atoms with van der Waals surface area (Å²) in [6.45, 7) is 0.0489. The number of rotatable bonds is 2. The molecule has 0 aliphatic carbocycles. The molecule has 1 atom stereocenters. The molecule has 108 valence electrons. The Labute approximate surface area is 113 Å². The van der Waals surface area contributed by atoms with E-state index in [9.17, 15) is 17.6 Å². The Morgan fingerprint density at radius 1 is 1.35 bits per heavy atom. The van der Waals surface area contributed by atoms with Gasteiger partial charge in [-0.25, -0.2) is 4.39 Å². The van der Waals surface area contributed by atoms with Gasteiger partial charge in [-0.1, -0.05) is 6.07 Å². The highest BCUT2D eigenvalue weighted by molar-refractivity contribution is 5.44. The predicted octanol–water partition coefficient (Wildman–Crippen LogP) is 2.76. The van der Waals surface area contributed by atoms with Crippen molar-refractivity contribution in [1.29, 1.82) is 5.26 Å². The highest BCUT2D eigenvalue weighted by Gasteiger charge is 2.57. The van der Waals surface area contributed by atoms with E-state index in [1.807, 2.05) is 0 Å². The smallest absolute Gasteiger partial charge is 0.429 e. The van der Waals surface area contributed by atoms with Crippen LogP contribution >= 0.6 is 0 Å². The van der Waals surface area contributed by atoms with Crippen molar-refractivity contribution < 1.29 is 22.3 Å². The number of hydrogen-bond donors (Lipinski definition) is 1. The standard InChI is InChI=1S/C13H12F4N2O/c14-10-3-1-4-11(9(10)7-18)20-12(13(15,16)17)5-2-6-19-8-12/h1,3-4,19H,2,5-6,8H2. The summed E-state index contributed by atoms with van der Waals surface area (Å²) < 4.78 is 58.3. The fraction of sp³-hybridized carbons (Fsp3) is 0.462. The summed E-state index contributed by atoms with van der Waals surface area (Å²) in [5.74, 6) is -1.28. The van der Waals surface area contributed by atoms with Gasteiger partial charge in [0.1, 0.15) is 23.2 Å². The van der Waals surface area contributed by atoms with Crippen LogP contribution in [0.1, 0.15) is 18.4 Å². The lowest BCUT2D eigenvalue weighted by Gasteiger charge is -2.39. The topological polar surface area (TPSA) is 45.0 Å². The largest absolute Gasteiger partial charge is 0.475 e. The number of piperidine rings is 1. The van der Waals surface area contributed by atoms with E-state index < -0.39 is 29.7 Å². The highest BCUT2D eigenvalue weighted by Crippen LogP contribution is 2.40. The number of hydrogen-bond acceptors (Lipinski definition) is 3. The molecule has 0 amide bonds. The first-order chi connectivity index (χ1) is 9.39. The number of halogens is 4. The summed E-state index contributed by atoms with van der Waals surface area (Å²) in [7, 11) is 0. The lowest BCUT2D eigenvalue weighted by molar-refractivity contribution is -0.253. The quantitative estimate of drug-likeness (QED) is 0.851. The Bertz CT molecular complexity index is 530. The molecule has 1 aromatic carbocycles. The number of nitrogens with one attached hydrogen (secondary N) is 1. The average molecular weight is 288 g/mol. The lowest BCUT2D eigenvalue weighted by Crippen LogP contribution is -2.59. The molecule has 0 radical (unpaired) electrons. The Morgan fingerprint density at radius 3 is 2.65 bits per heavy atom. The van der Waals surface area contributed by atoms with Crippen LogP contribution in [0.5, 0.6) is 5.75 Å². The van der Waals surface area contributed by atoms with Gasteiger partial charge in [0.15, 0.2) is 0 Å². The number of ether oxygens (including phenoxy) is 1. The Balaban J connectivity index is 2.39. The van der Waals surface area contributed by atoms with Gasteiger partial charge in [0.05, 0.1) is 0 Å². The molecule has 1 N–H and O–H groups in total. The zero-order chi connectivity index (χ0) is 14.8. The summed E-state index contributed by atoms with van der Waals surface area (Å²) in [6.07, 6.45) is -4.55. The lowest BCUT2D eigenvalue weighted by atomic mass is 9.93. The molecule has 1 saturated heterocycles. The van der Waals surface area contributed by atoms with Crippen molar-refractivity contribution in [3.63, 3.8) is 0 Å². The van der Waals surface area contributed by atoms with E-state index in [0.717, 1.165) is 6.07 Å². The minimum absolute atomic E-state index is 0.231. The summed E-state index contributed by atoms with van der Waals surface area (Å²) >= 11 is 0. The molecule has 0 bridgehead atoms. The Kier molecular flexibility index (Phi) is 3.86. The van der Waals surface area contributed by atoms with Crippen LogP contribution in [0.4, 0.5) is 17.6 Å². The summed E-state index contributed by atoms with van der Waals surface area (Å²) in [5.41, 5.74) is -2.94. The molecule has 2 rings (SSSR count). The van der Waals surface area contributed by atoms with Crippen molar-refractivity contribution in [2.24, 2.45) is 0 Å². The van der Waals surface area contributed by atoms with E-state index in [-0.39, 0.29) is 18.6 Å². The molecule has 1 unspecified atom stereocenters. The zero-order valence-corrected chi connectivity index (χ0v) is 10.4. The van der Waals surface area contributed by atoms with E-state index in [1.54, 1.807) is 0 Å². The molecule has 1 heterocycles. The average Bonchev–Trinajstić information content (AvgIpc) is 2.39. The van der Waals surface area contributed by atoms with Crippen molar-refractivity contribution in [2.75, 3.05) is 13.1 Å². The van der Waals surface area contributed by atoms with Crippen LogP contribution in [-0.4, -0.2) is 24.9 Å². The van der Waals surface area contributed by atoms with Crippen molar-refractivity contribution in [3.05, 3.63) is 29.6 Å². The summed E-state index contributed by atoms with van der Waals surface area (Å²) in [4.78, 5) is 0. The third-order valence-corrected chi connectivity index (χ3v) is 3.25. The molecule has 7 heteroatoms. The number of benzene rings is 1. The molecule has 1 aliphatic heterocycles. The third kappa shape index (κ3) is 2.56. The minimum Gasteiger partial charge on any atom is -0.475 e. The van der Waals surface area contributed by atoms with Crippen LogP contribution in [0.25, 0.3) is 0 Å². The van der Waals surface area contributed by atoms with Gasteiger partial charge in [0.2, 0.25) is 5.60 Å². The first-order valence-corrected chi connectivity index (χ1v) is 6.05. The van der Waals surface area contributed by atoms with Gasteiger partial charge >= 0.3 is 6.18 Å². The molecule has 0 aromatic heterocycles. The first kappa shape index (κ1) is 14.6. The van der Waals surface area contributed by atoms with Gasteiger partial charge in [-0.2, -0.15) is 18.4 Å². The van der Waals surface area contributed by atoms with Crippen LogP contribution in [-0.2, 0) is 0 Å². The van der Waals surface area contributed by atoms with Crippen LogP contribution in [0, 0.1) is 17.1 Å². The zero-order valence-electron chi connectivity index (χ0n) is 10.4. The first-order valence-electron chi connectivity index (χ1n) is 6.05. The predicted molar refractivity (Wildman–Crippen MR) is 62.6 cm³/mol. The second-order valence-corrected chi connectivity index (χ2v) is 4.60. The van der Waals surface area contributed by atoms with Gasteiger partial charge < -0.3 is 10.1 Å². The van der Waals surface area contributed by atoms with Crippen LogP contribution in [0.2, 0.25) is 0 Å². The molecule has 1 aliphatic rings. The summed E-state index contributed by atoms with van der Waals surface area (Å²) in [5, 5.41) is 11.5. The van der Waals surface area contributed by atoms with Gasteiger partial charge in [-0.3, -0.25) is 0 Å². The Hall–Kier alpha value is -1.81. The van der Waals surface area contributed by atoms with Crippen LogP contribution in [0.3, 0.4) is 0 Å². The minimum atomic E-state index is -4.61. The SMILES string of the molecule is N#Cc1c(F)cccc1OC1(C(F)(F)F)CCCNC1. The fourth-order valence-corrected chi connectivity index (χ4v) is 2.17. The van der Waals surface area contributed by atoms with Gasteiger partial charge in [0.25, 0.3) is 0 Å². The third-order valence-electron chi connectivity index (χ3n) is 3.25. The second kappa shape index (κ2) is 5.29. The Morgan fingerprint density at radius 2 is 2.10 bits per heavy atom.